The van der Waals surface area contributed by atoms with E-state index in [2.05, 4.69) is 39.3 Å². The summed E-state index contributed by atoms with van der Waals surface area (Å²) in [5.74, 6) is 3.38. The summed E-state index contributed by atoms with van der Waals surface area (Å²) in [5.41, 5.74) is 3.27. The molecule has 2 aromatic heterocycles. The molecule has 0 atom stereocenters. The van der Waals surface area contributed by atoms with E-state index in [9.17, 15) is 4.39 Å². The van der Waals surface area contributed by atoms with Crippen LogP contribution in [0.2, 0.25) is 0 Å². The van der Waals surface area contributed by atoms with Crippen molar-refractivity contribution in [3.05, 3.63) is 107 Å². The minimum Gasteiger partial charge on any atom is -0.493 e. The predicted octanol–water partition coefficient (Wildman–Crippen LogP) is 7.78. The van der Waals surface area contributed by atoms with Crippen LogP contribution in [0.25, 0.3) is 11.4 Å². The first-order chi connectivity index (χ1) is 20.2. The van der Waals surface area contributed by atoms with E-state index in [-0.39, 0.29) is 5.82 Å². The Kier molecular flexibility index (Phi) is 8.93. The van der Waals surface area contributed by atoms with E-state index in [1.165, 1.54) is 12.1 Å². The first kappa shape index (κ1) is 29.7. The topological polar surface area (TPSA) is 63.3 Å². The maximum atomic E-state index is 13.9. The number of aryl methyl sites for hydroxylation is 1. The highest BCUT2D eigenvalue weighted by atomic mass is 79.9. The van der Waals surface area contributed by atoms with Crippen molar-refractivity contribution in [2.45, 2.75) is 31.3 Å². The molecule has 0 saturated carbocycles. The van der Waals surface area contributed by atoms with Gasteiger partial charge in [0.15, 0.2) is 16.7 Å². The first-order valence-electron chi connectivity index (χ1n) is 13.4. The van der Waals surface area contributed by atoms with E-state index in [4.69, 9.17) is 19.2 Å². The highest BCUT2D eigenvalue weighted by Gasteiger charge is 2.33. The second-order valence-corrected chi connectivity index (χ2v) is 11.9. The van der Waals surface area contributed by atoms with Gasteiger partial charge in [0.05, 0.1) is 26.5 Å². The van der Waals surface area contributed by atoms with E-state index in [0.717, 1.165) is 39.4 Å². The Balaban J connectivity index is 1.39. The van der Waals surface area contributed by atoms with Crippen LogP contribution in [-0.4, -0.2) is 45.7 Å². The number of nitrogens with zero attached hydrogens (tertiary/aromatic N) is 4. The molecule has 0 bridgehead atoms. The molecule has 0 unspecified atom stereocenters. The number of benzene rings is 3. The summed E-state index contributed by atoms with van der Waals surface area (Å²) in [5, 5.41) is 0.770. The van der Waals surface area contributed by atoms with Gasteiger partial charge in [0.2, 0.25) is 0 Å². The maximum Gasteiger partial charge on any atom is 0.174 e. The van der Waals surface area contributed by atoms with Crippen molar-refractivity contribution >= 4 is 27.7 Å². The molecule has 5 rings (SSSR count). The zero-order valence-electron chi connectivity index (χ0n) is 24.1. The lowest BCUT2D eigenvalue weighted by Crippen LogP contribution is -2.24. The fraction of sp³-hybridized carbons (Fsp3) is 0.250. The molecule has 2 heterocycles. The van der Waals surface area contributed by atoms with Crippen molar-refractivity contribution in [1.82, 2.24) is 19.1 Å². The second kappa shape index (κ2) is 12.6. The third-order valence-corrected chi connectivity index (χ3v) is 8.57. The summed E-state index contributed by atoms with van der Waals surface area (Å²) in [6.45, 7) is 6.71. The molecule has 0 fully saturated rings. The number of methoxy groups -OCH3 is 2. The van der Waals surface area contributed by atoms with Crippen molar-refractivity contribution in [1.29, 1.82) is 0 Å². The van der Waals surface area contributed by atoms with Crippen LogP contribution < -0.4 is 14.2 Å². The Morgan fingerprint density at radius 2 is 1.62 bits per heavy atom. The molecule has 0 aliphatic rings. The monoisotopic (exact) mass is 650 g/mol. The Bertz CT molecular complexity index is 1670. The van der Waals surface area contributed by atoms with E-state index in [1.54, 1.807) is 44.3 Å². The maximum absolute atomic E-state index is 13.9. The van der Waals surface area contributed by atoms with E-state index in [1.807, 2.05) is 60.2 Å². The van der Waals surface area contributed by atoms with Gasteiger partial charge >= 0.3 is 0 Å². The highest BCUT2D eigenvalue weighted by molar-refractivity contribution is 9.10. The van der Waals surface area contributed by atoms with Gasteiger partial charge in [0.25, 0.3) is 0 Å². The van der Waals surface area contributed by atoms with Gasteiger partial charge in [0.1, 0.15) is 22.0 Å². The molecule has 0 saturated heterocycles. The zero-order chi connectivity index (χ0) is 29.9. The molecule has 5 aromatic rings. The molecule has 42 heavy (non-hydrogen) atoms. The standard InChI is InChI=1S/C32H32BrFN4O3S/c1-21-35-16-17-37(21)24-11-13-26(14-12-24)41-18-19-42-31-36-30(33)29(38(31)25-9-7-23(34)8-10-25)32(2,3)22-6-15-27(39-4)28(20-22)40-5/h6-17,20H,18-19H2,1-5H3. The van der Waals surface area contributed by atoms with Gasteiger partial charge in [-0.25, -0.2) is 14.4 Å². The Labute approximate surface area is 257 Å². The molecule has 0 N–H and O–H groups in total. The fourth-order valence-electron chi connectivity index (χ4n) is 4.85. The van der Waals surface area contributed by atoms with Crippen LogP contribution in [0.1, 0.15) is 30.9 Å². The number of hydrogen-bond acceptors (Lipinski definition) is 6. The molecule has 0 amide bonds. The molecule has 0 aliphatic carbocycles. The van der Waals surface area contributed by atoms with Crippen LogP contribution in [0, 0.1) is 12.7 Å². The predicted molar refractivity (Wildman–Crippen MR) is 167 cm³/mol. The van der Waals surface area contributed by atoms with Gasteiger partial charge in [-0.1, -0.05) is 31.7 Å². The molecular formula is C32H32BrFN4O3S. The zero-order valence-corrected chi connectivity index (χ0v) is 26.5. The third-order valence-electron chi connectivity index (χ3n) is 7.11. The lowest BCUT2D eigenvalue weighted by molar-refractivity contribution is 0.344. The molecule has 0 spiro atoms. The quantitative estimate of drug-likeness (QED) is 0.107. The average molecular weight is 652 g/mol. The van der Waals surface area contributed by atoms with E-state index >= 15 is 0 Å². The molecule has 3 aromatic carbocycles. The molecule has 0 aliphatic heterocycles. The second-order valence-electron chi connectivity index (χ2n) is 10.1. The first-order valence-corrected chi connectivity index (χ1v) is 15.1. The van der Waals surface area contributed by atoms with Crippen molar-refractivity contribution in [2.24, 2.45) is 0 Å². The number of ether oxygens (including phenoxy) is 3. The van der Waals surface area contributed by atoms with Gasteiger partial charge in [-0.3, -0.25) is 4.57 Å². The molecule has 10 heteroatoms. The SMILES string of the molecule is COc1ccc(C(C)(C)c2c(Br)nc(SCCOc3ccc(-n4ccnc4C)cc3)n2-c2ccc(F)cc2)cc1OC. The summed E-state index contributed by atoms with van der Waals surface area (Å²) < 4.78 is 35.8. The number of imidazole rings is 2. The van der Waals surface area contributed by atoms with Crippen molar-refractivity contribution in [3.8, 4) is 28.6 Å². The van der Waals surface area contributed by atoms with Gasteiger partial charge in [-0.05, 0) is 89.1 Å². The van der Waals surface area contributed by atoms with Crippen LogP contribution in [0.4, 0.5) is 4.39 Å². The number of halogens is 2. The van der Waals surface area contributed by atoms with Crippen molar-refractivity contribution in [2.75, 3.05) is 26.6 Å². The molecule has 218 valence electrons. The summed E-state index contributed by atoms with van der Waals surface area (Å²) >= 11 is 5.31. The number of hydrogen-bond donors (Lipinski definition) is 0. The normalized spacial score (nSPS) is 11.5. The number of rotatable bonds is 11. The van der Waals surface area contributed by atoms with E-state index < -0.39 is 5.41 Å². The van der Waals surface area contributed by atoms with Crippen LogP contribution in [-0.2, 0) is 5.41 Å². The lowest BCUT2D eigenvalue weighted by atomic mass is 9.81. The van der Waals surface area contributed by atoms with Gasteiger partial charge in [0, 0.05) is 34.9 Å². The van der Waals surface area contributed by atoms with E-state index in [0.29, 0.717) is 28.5 Å². The Morgan fingerprint density at radius 3 is 2.26 bits per heavy atom. The Morgan fingerprint density at radius 1 is 0.929 bits per heavy atom. The molecular weight excluding hydrogens is 619 g/mol. The van der Waals surface area contributed by atoms with Gasteiger partial charge in [-0.2, -0.15) is 0 Å². The summed E-state index contributed by atoms with van der Waals surface area (Å²) in [6.07, 6.45) is 3.72. The third kappa shape index (κ3) is 6.05. The average Bonchev–Trinajstić information content (AvgIpc) is 3.58. The lowest BCUT2D eigenvalue weighted by Gasteiger charge is -2.28. The minimum atomic E-state index is -0.510. The fourth-order valence-corrected chi connectivity index (χ4v) is 6.64. The summed E-state index contributed by atoms with van der Waals surface area (Å²) in [7, 11) is 3.24. The molecule has 7 nitrogen and oxygen atoms in total. The Hall–Kier alpha value is -3.76. The molecule has 0 radical (unpaired) electrons. The van der Waals surface area contributed by atoms with Gasteiger partial charge in [-0.15, -0.1) is 0 Å². The number of aromatic nitrogens is 4. The summed E-state index contributed by atoms with van der Waals surface area (Å²) in [4.78, 5) is 9.18. The van der Waals surface area contributed by atoms with Crippen LogP contribution in [0.3, 0.4) is 0 Å². The van der Waals surface area contributed by atoms with Gasteiger partial charge < -0.3 is 18.8 Å². The largest absolute Gasteiger partial charge is 0.493 e. The van der Waals surface area contributed by atoms with Crippen molar-refractivity contribution < 1.29 is 18.6 Å². The van der Waals surface area contributed by atoms with Crippen LogP contribution in [0.5, 0.6) is 17.2 Å². The van der Waals surface area contributed by atoms with Crippen LogP contribution in [0.15, 0.2) is 88.9 Å². The smallest absolute Gasteiger partial charge is 0.174 e. The number of thioether (sulfide) groups is 1. The minimum absolute atomic E-state index is 0.296. The van der Waals surface area contributed by atoms with Crippen molar-refractivity contribution in [3.63, 3.8) is 0 Å². The highest BCUT2D eigenvalue weighted by Crippen LogP contribution is 2.42. The van der Waals surface area contributed by atoms with Crippen LogP contribution >= 0.6 is 27.7 Å². The summed E-state index contributed by atoms with van der Waals surface area (Å²) in [6, 6.07) is 20.3.